The van der Waals surface area contributed by atoms with E-state index in [1.165, 1.54) is 24.0 Å². The molecule has 0 radical (unpaired) electrons. The van der Waals surface area contributed by atoms with Gasteiger partial charge in [-0.1, -0.05) is 30.3 Å². The molecule has 0 unspecified atom stereocenters. The van der Waals surface area contributed by atoms with Crippen LogP contribution < -0.4 is 0 Å². The van der Waals surface area contributed by atoms with Crippen LogP contribution in [0.1, 0.15) is 42.7 Å². The maximum atomic E-state index is 12.8. The van der Waals surface area contributed by atoms with Gasteiger partial charge in [0.25, 0.3) is 0 Å². The lowest BCUT2D eigenvalue weighted by atomic mass is 9.75. The van der Waals surface area contributed by atoms with Gasteiger partial charge in [0.05, 0.1) is 38.5 Å². The monoisotopic (exact) mass is 395 g/mol. The van der Waals surface area contributed by atoms with Crippen LogP contribution >= 0.6 is 0 Å². The molecule has 2 fully saturated rings. The first-order valence-corrected chi connectivity index (χ1v) is 10.6. The number of aliphatic hydroxyl groups is 1. The van der Waals surface area contributed by atoms with Gasteiger partial charge in [0.1, 0.15) is 6.04 Å². The summed E-state index contributed by atoms with van der Waals surface area (Å²) in [6, 6.07) is 9.79. The van der Waals surface area contributed by atoms with Crippen LogP contribution in [0, 0.1) is 11.3 Å². The Hall–Kier alpha value is -2.20. The minimum absolute atomic E-state index is 0.0854. The van der Waals surface area contributed by atoms with Crippen LogP contribution in [0.15, 0.2) is 30.3 Å². The second-order valence-electron chi connectivity index (χ2n) is 8.14. The summed E-state index contributed by atoms with van der Waals surface area (Å²) in [6.07, 6.45) is 7.08. The summed E-state index contributed by atoms with van der Waals surface area (Å²) in [5.41, 5.74) is 3.66. The van der Waals surface area contributed by atoms with Gasteiger partial charge in [0.15, 0.2) is 0 Å². The van der Waals surface area contributed by atoms with Gasteiger partial charge < -0.3 is 14.7 Å². The number of morpholine rings is 1. The molecule has 154 valence electrons. The maximum Gasteiger partial charge on any atom is 0.238 e. The number of allylic oxidation sites excluding steroid dienone is 2. The van der Waals surface area contributed by atoms with Crippen LogP contribution in [0.25, 0.3) is 5.57 Å². The lowest BCUT2D eigenvalue weighted by molar-refractivity contribution is -0.149. The fraction of sp³-hybridized carbons (Fsp3) is 0.565. The van der Waals surface area contributed by atoms with Crippen molar-refractivity contribution < 1.29 is 14.6 Å². The Morgan fingerprint density at radius 2 is 1.97 bits per heavy atom. The second-order valence-corrected chi connectivity index (χ2v) is 8.14. The summed E-state index contributed by atoms with van der Waals surface area (Å²) in [5, 5.41) is 19.7. The third-order valence-electron chi connectivity index (χ3n) is 6.44. The Balaban J connectivity index is 1.47. The zero-order valence-corrected chi connectivity index (χ0v) is 16.8. The van der Waals surface area contributed by atoms with Gasteiger partial charge in [-0.3, -0.25) is 9.69 Å². The van der Waals surface area contributed by atoms with E-state index in [-0.39, 0.29) is 31.0 Å². The van der Waals surface area contributed by atoms with Gasteiger partial charge in [-0.2, -0.15) is 5.26 Å². The number of benzene rings is 1. The van der Waals surface area contributed by atoms with Crippen molar-refractivity contribution in [3.63, 3.8) is 0 Å². The highest BCUT2D eigenvalue weighted by atomic mass is 16.5. The van der Waals surface area contributed by atoms with Crippen molar-refractivity contribution >= 4 is 11.5 Å². The minimum Gasteiger partial charge on any atom is -0.394 e. The number of likely N-dealkylation sites (tertiary alicyclic amines) is 1. The molecule has 1 aromatic carbocycles. The Morgan fingerprint density at radius 3 is 2.59 bits per heavy atom. The Bertz CT molecular complexity index is 793. The summed E-state index contributed by atoms with van der Waals surface area (Å²) >= 11 is 0. The summed E-state index contributed by atoms with van der Waals surface area (Å²) in [6.45, 7) is 2.85. The molecule has 0 aromatic heterocycles. The van der Waals surface area contributed by atoms with Gasteiger partial charge in [0, 0.05) is 19.0 Å². The molecule has 3 atom stereocenters. The first kappa shape index (κ1) is 20.1. The Labute approximate surface area is 172 Å². The number of nitrogens with zero attached hydrogens (tertiary/aromatic N) is 3. The molecule has 1 aromatic rings. The molecule has 2 heterocycles. The fourth-order valence-corrected chi connectivity index (χ4v) is 4.80. The lowest BCUT2D eigenvalue weighted by Crippen LogP contribution is -2.66. The van der Waals surface area contributed by atoms with Crippen LogP contribution in [0.2, 0.25) is 0 Å². The topological polar surface area (TPSA) is 76.8 Å². The number of rotatable bonds is 5. The van der Waals surface area contributed by atoms with E-state index in [4.69, 9.17) is 4.74 Å². The average Bonchev–Trinajstić information content (AvgIpc) is 2.75. The second kappa shape index (κ2) is 9.08. The van der Waals surface area contributed by atoms with Crippen molar-refractivity contribution in [3.05, 3.63) is 41.5 Å². The molecule has 1 amide bonds. The molecule has 0 bridgehead atoms. The highest BCUT2D eigenvalue weighted by molar-refractivity contribution is 5.81. The molecule has 2 saturated heterocycles. The molecule has 4 rings (SSSR count). The number of hydrogen-bond acceptors (Lipinski definition) is 5. The molecule has 6 heteroatoms. The smallest absolute Gasteiger partial charge is 0.238 e. The van der Waals surface area contributed by atoms with Crippen molar-refractivity contribution in [2.75, 3.05) is 39.5 Å². The molecule has 1 aliphatic carbocycles. The van der Waals surface area contributed by atoms with E-state index >= 15 is 0 Å². The van der Waals surface area contributed by atoms with Gasteiger partial charge in [-0.25, -0.2) is 0 Å². The zero-order chi connectivity index (χ0) is 20.2. The van der Waals surface area contributed by atoms with E-state index in [9.17, 15) is 15.2 Å². The summed E-state index contributed by atoms with van der Waals surface area (Å²) < 4.78 is 5.33. The third-order valence-corrected chi connectivity index (χ3v) is 6.44. The highest BCUT2D eigenvalue weighted by Gasteiger charge is 2.51. The van der Waals surface area contributed by atoms with Crippen molar-refractivity contribution in [1.82, 2.24) is 9.80 Å². The highest BCUT2D eigenvalue weighted by Crippen LogP contribution is 2.41. The molecule has 0 spiro atoms. The molecule has 2 aliphatic heterocycles. The predicted octanol–water partition coefficient (Wildman–Crippen LogP) is 2.16. The first-order chi connectivity index (χ1) is 14.2. The number of carbonyl (C=O) groups excluding carboxylic acids is 1. The molecule has 0 saturated carbocycles. The quantitative estimate of drug-likeness (QED) is 0.827. The number of carbonyl (C=O) groups is 1. The van der Waals surface area contributed by atoms with Gasteiger partial charge in [0.2, 0.25) is 5.91 Å². The molecule has 29 heavy (non-hydrogen) atoms. The van der Waals surface area contributed by atoms with Gasteiger partial charge in [-0.05, 0) is 42.4 Å². The summed E-state index contributed by atoms with van der Waals surface area (Å²) in [4.78, 5) is 16.5. The number of ether oxygens (including phenoxy) is 1. The number of hydrogen-bond donors (Lipinski definition) is 1. The first-order valence-electron chi connectivity index (χ1n) is 10.6. The van der Waals surface area contributed by atoms with Crippen molar-refractivity contribution in [1.29, 1.82) is 5.26 Å². The normalized spacial score (nSPS) is 27.7. The van der Waals surface area contributed by atoms with Crippen molar-refractivity contribution in [2.45, 2.75) is 43.7 Å². The summed E-state index contributed by atoms with van der Waals surface area (Å²) in [5.74, 6) is -0.231. The van der Waals surface area contributed by atoms with Gasteiger partial charge in [-0.15, -0.1) is 0 Å². The van der Waals surface area contributed by atoms with Crippen LogP contribution in [-0.2, 0) is 9.53 Å². The third kappa shape index (κ3) is 4.09. The van der Waals surface area contributed by atoms with E-state index in [0.29, 0.717) is 13.2 Å². The molecule has 6 nitrogen and oxygen atoms in total. The predicted molar refractivity (Wildman–Crippen MR) is 110 cm³/mol. The molecular weight excluding hydrogens is 366 g/mol. The number of nitriles is 1. The zero-order valence-electron chi connectivity index (χ0n) is 16.8. The Kier molecular flexibility index (Phi) is 6.29. The van der Waals surface area contributed by atoms with Crippen molar-refractivity contribution in [3.8, 4) is 6.07 Å². The van der Waals surface area contributed by atoms with Crippen LogP contribution in [-0.4, -0.2) is 72.4 Å². The molecule has 3 aliphatic rings. The van der Waals surface area contributed by atoms with Gasteiger partial charge >= 0.3 is 0 Å². The van der Waals surface area contributed by atoms with Crippen LogP contribution in [0.3, 0.4) is 0 Å². The standard InChI is InChI=1S/C23H29N3O3/c24-14-20-23(19-8-6-18(7-9-19)17-4-2-1-3-5-17)21(16-27)26(20)22(28)15-25-10-12-29-13-11-25/h4,6-9,20-21,23,27H,1-3,5,10-13,15-16H2/t20-,21+,23-/m0/s1. The summed E-state index contributed by atoms with van der Waals surface area (Å²) in [7, 11) is 0. The lowest BCUT2D eigenvalue weighted by Gasteiger charge is -2.52. The molecule has 1 N–H and O–H groups in total. The number of amides is 1. The van der Waals surface area contributed by atoms with E-state index < -0.39 is 6.04 Å². The Morgan fingerprint density at radius 1 is 1.21 bits per heavy atom. The largest absolute Gasteiger partial charge is 0.394 e. The molecular formula is C23H29N3O3. The van der Waals surface area contributed by atoms with E-state index in [0.717, 1.165) is 31.5 Å². The minimum atomic E-state index is -0.527. The van der Waals surface area contributed by atoms with E-state index in [1.807, 2.05) is 0 Å². The van der Waals surface area contributed by atoms with Crippen LogP contribution in [0.5, 0.6) is 0 Å². The average molecular weight is 396 g/mol. The SMILES string of the molecule is N#C[C@H]1[C@H](c2ccc(C3=CCCCC3)cc2)[C@@H](CO)N1C(=O)CN1CCOCC1. The van der Waals surface area contributed by atoms with Crippen molar-refractivity contribution in [2.24, 2.45) is 0 Å². The fourth-order valence-electron chi connectivity index (χ4n) is 4.80. The number of aliphatic hydroxyl groups excluding tert-OH is 1. The van der Waals surface area contributed by atoms with E-state index in [1.54, 1.807) is 4.90 Å². The maximum absolute atomic E-state index is 12.8. The van der Waals surface area contributed by atoms with Crippen LogP contribution in [0.4, 0.5) is 0 Å². The van der Waals surface area contributed by atoms with E-state index in [2.05, 4.69) is 41.3 Å².